The molecular weight excluding hydrogens is 333 g/mol. The van der Waals surface area contributed by atoms with Gasteiger partial charge in [-0.25, -0.2) is 0 Å². The zero-order chi connectivity index (χ0) is 14.5. The molecule has 1 amide bonds. The van der Waals surface area contributed by atoms with E-state index in [0.717, 1.165) is 52.1 Å². The number of carbonyl (C=O) groups is 1. The molecule has 0 bridgehead atoms. The molecule has 6 heteroatoms. The van der Waals surface area contributed by atoms with E-state index in [9.17, 15) is 4.79 Å². The van der Waals surface area contributed by atoms with Crippen LogP contribution in [-0.4, -0.2) is 43.5 Å². The van der Waals surface area contributed by atoms with Crippen molar-refractivity contribution in [3.8, 4) is 0 Å². The van der Waals surface area contributed by atoms with E-state index < -0.39 is 0 Å². The quantitative estimate of drug-likeness (QED) is 0.845. The topological polar surface area (TPSA) is 44.4 Å². The zero-order valence-electron chi connectivity index (χ0n) is 13.4. The van der Waals surface area contributed by atoms with Crippen LogP contribution in [0.3, 0.4) is 0 Å². The van der Waals surface area contributed by atoms with Gasteiger partial charge in [-0.2, -0.15) is 0 Å². The number of hydrogen-bond acceptors (Lipinski definition) is 3. The minimum Gasteiger partial charge on any atom is -0.355 e. The lowest BCUT2D eigenvalue weighted by molar-refractivity contribution is -0.126. The van der Waals surface area contributed by atoms with Gasteiger partial charge in [0.15, 0.2) is 0 Å². The van der Waals surface area contributed by atoms with Gasteiger partial charge in [-0.1, -0.05) is 30.3 Å². The van der Waals surface area contributed by atoms with Gasteiger partial charge >= 0.3 is 0 Å². The van der Waals surface area contributed by atoms with Crippen molar-refractivity contribution in [1.82, 2.24) is 15.5 Å². The van der Waals surface area contributed by atoms with Crippen molar-refractivity contribution >= 4 is 30.7 Å². The molecule has 0 saturated carbocycles. The molecule has 3 rings (SSSR count). The molecule has 2 saturated heterocycles. The number of piperidine rings is 1. The van der Waals surface area contributed by atoms with Crippen molar-refractivity contribution in [3.05, 3.63) is 35.9 Å². The fraction of sp³-hybridized carbons (Fsp3) is 0.588. The van der Waals surface area contributed by atoms with Crippen molar-refractivity contribution < 1.29 is 4.79 Å². The van der Waals surface area contributed by atoms with E-state index in [-0.39, 0.29) is 36.6 Å². The predicted molar refractivity (Wildman–Crippen MR) is 98.3 cm³/mol. The number of hydrogen-bond donors (Lipinski definition) is 2. The minimum atomic E-state index is 0. The SMILES string of the molecule is Cl.Cl.O=C(NCC1CNC1)C1CCN(Cc2ccccc2)CC1. The Labute approximate surface area is 151 Å². The number of halogens is 2. The molecule has 2 aliphatic heterocycles. The molecule has 1 aromatic carbocycles. The number of amides is 1. The number of rotatable bonds is 5. The van der Waals surface area contributed by atoms with Crippen LogP contribution >= 0.6 is 24.8 Å². The molecule has 4 nitrogen and oxygen atoms in total. The fourth-order valence-electron chi connectivity index (χ4n) is 3.08. The Balaban J connectivity index is 0.00000132. The van der Waals surface area contributed by atoms with Crippen LogP contribution in [0.25, 0.3) is 0 Å². The van der Waals surface area contributed by atoms with Crippen LogP contribution < -0.4 is 10.6 Å². The van der Waals surface area contributed by atoms with Crippen LogP contribution in [0.4, 0.5) is 0 Å². The summed E-state index contributed by atoms with van der Waals surface area (Å²) in [5, 5.41) is 6.36. The van der Waals surface area contributed by atoms with Gasteiger partial charge in [-0.3, -0.25) is 9.69 Å². The lowest BCUT2D eigenvalue weighted by atomic mass is 9.95. The summed E-state index contributed by atoms with van der Waals surface area (Å²) in [5.74, 6) is 1.12. The highest BCUT2D eigenvalue weighted by Crippen LogP contribution is 2.19. The Morgan fingerprint density at radius 3 is 2.35 bits per heavy atom. The van der Waals surface area contributed by atoms with Crippen molar-refractivity contribution in [2.24, 2.45) is 11.8 Å². The van der Waals surface area contributed by atoms with Crippen molar-refractivity contribution in [3.63, 3.8) is 0 Å². The average molecular weight is 360 g/mol. The highest BCUT2D eigenvalue weighted by Gasteiger charge is 2.26. The molecule has 1 aromatic rings. The van der Waals surface area contributed by atoms with Gasteiger partial charge in [-0.05, 0) is 31.5 Å². The minimum absolute atomic E-state index is 0. The highest BCUT2D eigenvalue weighted by molar-refractivity contribution is 5.85. The normalized spacial score (nSPS) is 19.1. The molecular formula is C17H27Cl2N3O. The Morgan fingerprint density at radius 1 is 1.13 bits per heavy atom. The third kappa shape index (κ3) is 5.96. The van der Waals surface area contributed by atoms with Crippen molar-refractivity contribution in [2.75, 3.05) is 32.7 Å². The molecule has 2 fully saturated rings. The Kier molecular flexibility index (Phi) is 8.92. The van der Waals surface area contributed by atoms with Crippen LogP contribution in [-0.2, 0) is 11.3 Å². The predicted octanol–water partition coefficient (Wildman–Crippen LogP) is 2.08. The summed E-state index contributed by atoms with van der Waals surface area (Å²) in [6.07, 6.45) is 1.98. The first kappa shape index (κ1) is 20.2. The molecule has 23 heavy (non-hydrogen) atoms. The number of benzene rings is 1. The van der Waals surface area contributed by atoms with Crippen LogP contribution in [0.15, 0.2) is 30.3 Å². The summed E-state index contributed by atoms with van der Waals surface area (Å²) >= 11 is 0. The van der Waals surface area contributed by atoms with Gasteiger partial charge in [0.05, 0.1) is 0 Å². The molecule has 2 N–H and O–H groups in total. The summed E-state index contributed by atoms with van der Waals surface area (Å²) in [6, 6.07) is 10.6. The molecule has 0 spiro atoms. The standard InChI is InChI=1S/C17H25N3O.2ClH/c21-17(19-12-15-10-18-11-15)16-6-8-20(9-7-16)13-14-4-2-1-3-5-14;;/h1-5,15-16,18H,6-13H2,(H,19,21);2*1H. The smallest absolute Gasteiger partial charge is 0.223 e. The molecule has 0 aliphatic carbocycles. The maximum absolute atomic E-state index is 12.2. The van der Waals surface area contributed by atoms with Crippen LogP contribution in [0.1, 0.15) is 18.4 Å². The molecule has 2 aliphatic rings. The van der Waals surface area contributed by atoms with E-state index in [1.807, 2.05) is 0 Å². The second-order valence-corrected chi connectivity index (χ2v) is 6.31. The summed E-state index contributed by atoms with van der Waals surface area (Å²) in [4.78, 5) is 14.6. The van der Waals surface area contributed by atoms with E-state index in [1.54, 1.807) is 0 Å². The monoisotopic (exact) mass is 359 g/mol. The molecule has 0 aromatic heterocycles. The maximum Gasteiger partial charge on any atom is 0.223 e. The summed E-state index contributed by atoms with van der Waals surface area (Å²) in [6.45, 7) is 6.00. The maximum atomic E-state index is 12.2. The lowest BCUT2D eigenvalue weighted by Gasteiger charge is -2.32. The number of nitrogens with one attached hydrogen (secondary N) is 2. The molecule has 0 unspecified atom stereocenters. The van der Waals surface area contributed by atoms with Gasteiger partial charge in [0.25, 0.3) is 0 Å². The highest BCUT2D eigenvalue weighted by atomic mass is 35.5. The molecule has 0 atom stereocenters. The fourth-order valence-corrected chi connectivity index (χ4v) is 3.08. The van der Waals surface area contributed by atoms with E-state index in [0.29, 0.717) is 5.92 Å². The summed E-state index contributed by atoms with van der Waals surface area (Å²) in [5.41, 5.74) is 1.36. The van der Waals surface area contributed by atoms with Gasteiger partial charge in [0.1, 0.15) is 0 Å². The third-order valence-electron chi connectivity index (χ3n) is 4.64. The first-order chi connectivity index (χ1) is 10.3. The number of likely N-dealkylation sites (tertiary alicyclic amines) is 1. The molecule has 2 heterocycles. The zero-order valence-corrected chi connectivity index (χ0v) is 15.0. The van der Waals surface area contributed by atoms with Crippen molar-refractivity contribution in [2.45, 2.75) is 19.4 Å². The summed E-state index contributed by atoms with van der Waals surface area (Å²) < 4.78 is 0. The van der Waals surface area contributed by atoms with Gasteiger partial charge < -0.3 is 10.6 Å². The van der Waals surface area contributed by atoms with E-state index in [2.05, 4.69) is 45.9 Å². The Hall–Kier alpha value is -0.810. The first-order valence-corrected chi connectivity index (χ1v) is 8.06. The van der Waals surface area contributed by atoms with Gasteiger partial charge in [0, 0.05) is 38.0 Å². The molecule has 0 radical (unpaired) electrons. The van der Waals surface area contributed by atoms with Crippen LogP contribution in [0.2, 0.25) is 0 Å². The van der Waals surface area contributed by atoms with Gasteiger partial charge in [0.2, 0.25) is 5.91 Å². The second-order valence-electron chi connectivity index (χ2n) is 6.31. The summed E-state index contributed by atoms with van der Waals surface area (Å²) in [7, 11) is 0. The van der Waals surface area contributed by atoms with E-state index >= 15 is 0 Å². The van der Waals surface area contributed by atoms with Gasteiger partial charge in [-0.15, -0.1) is 24.8 Å². The number of carbonyl (C=O) groups excluding carboxylic acids is 1. The number of nitrogens with zero attached hydrogens (tertiary/aromatic N) is 1. The largest absolute Gasteiger partial charge is 0.355 e. The van der Waals surface area contributed by atoms with Crippen LogP contribution in [0.5, 0.6) is 0 Å². The van der Waals surface area contributed by atoms with E-state index in [1.165, 1.54) is 5.56 Å². The van der Waals surface area contributed by atoms with Crippen LogP contribution in [0, 0.1) is 11.8 Å². The first-order valence-electron chi connectivity index (χ1n) is 8.06. The van der Waals surface area contributed by atoms with E-state index in [4.69, 9.17) is 0 Å². The average Bonchev–Trinajstić information content (AvgIpc) is 2.47. The second kappa shape index (κ2) is 10.1. The van der Waals surface area contributed by atoms with Crippen molar-refractivity contribution in [1.29, 1.82) is 0 Å². The Bertz CT molecular complexity index is 460. The lowest BCUT2D eigenvalue weighted by Crippen LogP contribution is -2.49. The third-order valence-corrected chi connectivity index (χ3v) is 4.64. The molecule has 130 valence electrons. The Morgan fingerprint density at radius 2 is 1.78 bits per heavy atom.